The molecule has 7 heteroatoms. The average molecular weight is 358 g/mol. The maximum atomic E-state index is 11.7. The first-order valence-corrected chi connectivity index (χ1v) is 10.2. The van der Waals surface area contributed by atoms with Crippen LogP contribution in [0.4, 0.5) is 0 Å². The summed E-state index contributed by atoms with van der Waals surface area (Å²) in [5.74, 6) is -0.448. The van der Waals surface area contributed by atoms with Crippen LogP contribution in [0.1, 0.15) is 77.6 Å². The van der Waals surface area contributed by atoms with Crippen LogP contribution < -0.4 is 0 Å². The Kier molecular flexibility index (Phi) is 17.7. The molecule has 0 aliphatic rings. The van der Waals surface area contributed by atoms with Crippen LogP contribution in [0.25, 0.3) is 0 Å². The quantitative estimate of drug-likeness (QED) is 0.294. The Hall–Kier alpha value is 0.380. The van der Waals surface area contributed by atoms with Gasteiger partial charge >= 0.3 is 0 Å². The summed E-state index contributed by atoms with van der Waals surface area (Å²) in [6.45, 7) is 2.27. The summed E-state index contributed by atoms with van der Waals surface area (Å²) < 4.78 is 29.9. The van der Waals surface area contributed by atoms with E-state index in [0.717, 1.165) is 19.3 Å². The van der Waals surface area contributed by atoms with E-state index in [0.29, 0.717) is 6.42 Å². The van der Waals surface area contributed by atoms with Gasteiger partial charge in [0.05, 0.1) is 5.75 Å². The molecule has 0 unspecified atom stereocenters. The van der Waals surface area contributed by atoms with E-state index in [4.69, 9.17) is 4.55 Å². The Labute approximate surface area is 164 Å². The largest absolute Gasteiger partial charge is 0.345 e. The van der Waals surface area contributed by atoms with Crippen molar-refractivity contribution in [3.8, 4) is 0 Å². The summed E-state index contributed by atoms with van der Waals surface area (Å²) in [4.78, 5) is 13.1. The molecular weight excluding hydrogens is 325 g/mol. The second-order valence-electron chi connectivity index (χ2n) is 6.03. The van der Waals surface area contributed by atoms with E-state index in [9.17, 15) is 13.2 Å². The van der Waals surface area contributed by atoms with Gasteiger partial charge in [-0.25, -0.2) is 0 Å². The monoisotopic (exact) mass is 358 g/mol. The Balaban J connectivity index is 0. The first kappa shape index (κ1) is 25.6. The molecule has 0 aliphatic carbocycles. The van der Waals surface area contributed by atoms with E-state index in [1.54, 1.807) is 7.05 Å². The Bertz CT molecular complexity index is 388. The zero-order valence-electron chi connectivity index (χ0n) is 15.2. The molecule has 0 rings (SSSR count). The van der Waals surface area contributed by atoms with Gasteiger partial charge in [0.1, 0.15) is 0 Å². The maximum absolute atomic E-state index is 11.7. The molecular formula is C16H33NNaO4S. The molecule has 0 heterocycles. The number of unbranched alkanes of at least 4 members (excludes halogenated alkanes) is 9. The molecule has 0 spiro atoms. The number of amides is 1. The molecule has 133 valence electrons. The number of rotatable bonds is 14. The van der Waals surface area contributed by atoms with Crippen molar-refractivity contribution in [2.75, 3.05) is 19.3 Å². The van der Waals surface area contributed by atoms with Crippen molar-refractivity contribution in [2.24, 2.45) is 0 Å². The third-order valence-electron chi connectivity index (χ3n) is 3.85. The zero-order valence-corrected chi connectivity index (χ0v) is 18.0. The third-order valence-corrected chi connectivity index (χ3v) is 4.55. The molecule has 5 nitrogen and oxygen atoms in total. The summed E-state index contributed by atoms with van der Waals surface area (Å²) in [6, 6.07) is 0. The zero-order chi connectivity index (χ0) is 16.8. The number of hydrogen-bond donors (Lipinski definition) is 1. The predicted molar refractivity (Wildman–Crippen MR) is 96.3 cm³/mol. The van der Waals surface area contributed by atoms with Crippen LogP contribution in [0, 0.1) is 0 Å². The second kappa shape index (κ2) is 15.9. The fourth-order valence-electron chi connectivity index (χ4n) is 2.33. The van der Waals surface area contributed by atoms with Crippen molar-refractivity contribution >= 4 is 45.6 Å². The van der Waals surface area contributed by atoms with E-state index >= 15 is 0 Å². The van der Waals surface area contributed by atoms with E-state index < -0.39 is 15.9 Å². The molecule has 0 aromatic rings. The van der Waals surface area contributed by atoms with Crippen molar-refractivity contribution < 1.29 is 17.8 Å². The average Bonchev–Trinajstić information content (AvgIpc) is 2.45. The Morgan fingerprint density at radius 2 is 1.35 bits per heavy atom. The fourth-order valence-corrected chi connectivity index (χ4v) is 2.84. The van der Waals surface area contributed by atoms with Gasteiger partial charge in [0, 0.05) is 49.6 Å². The van der Waals surface area contributed by atoms with Gasteiger partial charge in [-0.3, -0.25) is 9.35 Å². The van der Waals surface area contributed by atoms with Crippen molar-refractivity contribution in [1.82, 2.24) is 4.90 Å². The van der Waals surface area contributed by atoms with Crippen molar-refractivity contribution in [1.29, 1.82) is 0 Å². The van der Waals surface area contributed by atoms with Crippen LogP contribution >= 0.6 is 0 Å². The van der Waals surface area contributed by atoms with Gasteiger partial charge in [0.2, 0.25) is 5.91 Å². The normalized spacial score (nSPS) is 11.1. The van der Waals surface area contributed by atoms with Crippen LogP contribution in [0.5, 0.6) is 0 Å². The van der Waals surface area contributed by atoms with Crippen molar-refractivity contribution in [3.63, 3.8) is 0 Å². The van der Waals surface area contributed by atoms with E-state index in [2.05, 4.69) is 6.92 Å². The van der Waals surface area contributed by atoms with Gasteiger partial charge in [0.15, 0.2) is 0 Å². The van der Waals surface area contributed by atoms with E-state index in [1.165, 1.54) is 49.8 Å². The molecule has 0 saturated heterocycles. The molecule has 1 N–H and O–H groups in total. The number of carbonyl (C=O) groups excluding carboxylic acids is 1. The van der Waals surface area contributed by atoms with Crippen LogP contribution in [0.15, 0.2) is 0 Å². The van der Waals surface area contributed by atoms with Crippen molar-refractivity contribution in [2.45, 2.75) is 77.6 Å². The molecule has 0 aliphatic heterocycles. The third kappa shape index (κ3) is 18.6. The number of nitrogens with zero attached hydrogens (tertiary/aromatic N) is 1. The van der Waals surface area contributed by atoms with Crippen LogP contribution in [0.3, 0.4) is 0 Å². The van der Waals surface area contributed by atoms with Crippen molar-refractivity contribution in [3.05, 3.63) is 0 Å². The molecule has 0 atom stereocenters. The van der Waals surface area contributed by atoms with E-state index in [-0.39, 0.29) is 42.0 Å². The summed E-state index contributed by atoms with van der Waals surface area (Å²) in [5, 5.41) is 0. The van der Waals surface area contributed by atoms with Gasteiger partial charge in [-0.1, -0.05) is 64.7 Å². The van der Waals surface area contributed by atoms with Gasteiger partial charge in [-0.2, -0.15) is 8.42 Å². The summed E-state index contributed by atoms with van der Waals surface area (Å²) in [7, 11) is -2.42. The van der Waals surface area contributed by atoms with E-state index in [1.807, 2.05) is 0 Å². The first-order valence-electron chi connectivity index (χ1n) is 8.56. The number of hydrogen-bond acceptors (Lipinski definition) is 3. The fraction of sp³-hybridized carbons (Fsp3) is 0.938. The van der Waals surface area contributed by atoms with Gasteiger partial charge in [0.25, 0.3) is 10.1 Å². The summed E-state index contributed by atoms with van der Waals surface area (Å²) in [5.41, 5.74) is 0. The minimum atomic E-state index is -3.99. The summed E-state index contributed by atoms with van der Waals surface area (Å²) in [6.07, 6.45) is 12.7. The van der Waals surface area contributed by atoms with Gasteiger partial charge in [-0.05, 0) is 6.42 Å². The maximum Gasteiger partial charge on any atom is 0.266 e. The summed E-state index contributed by atoms with van der Waals surface area (Å²) >= 11 is 0. The molecule has 23 heavy (non-hydrogen) atoms. The topological polar surface area (TPSA) is 74.7 Å². The first-order chi connectivity index (χ1) is 10.4. The second-order valence-corrected chi connectivity index (χ2v) is 7.61. The molecule has 0 saturated carbocycles. The SMILES string of the molecule is CCCCCCCCCCCCC(=O)N(C)CCS(=O)(=O)O.[Na]. The minimum Gasteiger partial charge on any atom is -0.345 e. The molecule has 1 amide bonds. The molecule has 0 fully saturated rings. The molecule has 0 bridgehead atoms. The Morgan fingerprint density at radius 3 is 1.78 bits per heavy atom. The molecule has 0 aromatic carbocycles. The number of carbonyl (C=O) groups is 1. The molecule has 1 radical (unpaired) electrons. The smallest absolute Gasteiger partial charge is 0.266 e. The standard InChI is InChI=1S/C16H33NO4S.Na/c1-3-4-5-6-7-8-9-10-11-12-13-16(18)17(2)14-15-22(19,20)21;/h3-15H2,1-2H3,(H,19,20,21);. The van der Waals surface area contributed by atoms with Crippen LogP contribution in [0.2, 0.25) is 0 Å². The van der Waals surface area contributed by atoms with Gasteiger partial charge in [-0.15, -0.1) is 0 Å². The molecule has 0 aromatic heterocycles. The van der Waals surface area contributed by atoms with Crippen LogP contribution in [-0.4, -0.2) is 72.7 Å². The van der Waals surface area contributed by atoms with Crippen LogP contribution in [-0.2, 0) is 14.9 Å². The van der Waals surface area contributed by atoms with Gasteiger partial charge < -0.3 is 4.90 Å². The predicted octanol–water partition coefficient (Wildman–Crippen LogP) is 3.26. The minimum absolute atomic E-state index is 0. The Morgan fingerprint density at radius 1 is 0.913 bits per heavy atom.